The van der Waals surface area contributed by atoms with Crippen molar-refractivity contribution in [2.45, 2.75) is 45.1 Å². The normalized spacial score (nSPS) is 25.4. The van der Waals surface area contributed by atoms with Gasteiger partial charge in [0.05, 0.1) is 0 Å². The minimum Gasteiger partial charge on any atom is -0.315 e. The summed E-state index contributed by atoms with van der Waals surface area (Å²) in [6.07, 6.45) is 7.65. The Morgan fingerprint density at radius 3 is 3.12 bits per heavy atom. The number of hydrogen-bond donors (Lipinski definition) is 0. The number of rotatable bonds is 2. The lowest BCUT2D eigenvalue weighted by molar-refractivity contribution is 0.464. The van der Waals surface area contributed by atoms with Crippen molar-refractivity contribution in [3.8, 4) is 0 Å². The Balaban J connectivity index is 1.71. The first kappa shape index (κ1) is 10.6. The van der Waals surface area contributed by atoms with Gasteiger partial charge in [0.1, 0.15) is 11.6 Å². The molecule has 0 aliphatic carbocycles. The molecule has 1 atom stereocenters. The molecule has 0 amide bonds. The molecular formula is C12H19N3S. The number of nitrogens with zero attached hydrogens (tertiary/aromatic N) is 3. The highest BCUT2D eigenvalue weighted by Crippen LogP contribution is 2.26. The Labute approximate surface area is 101 Å². The number of thioether (sulfide) groups is 1. The summed E-state index contributed by atoms with van der Waals surface area (Å²) in [5, 5.41) is 8.72. The molecule has 0 N–H and O–H groups in total. The zero-order chi connectivity index (χ0) is 10.8. The second kappa shape index (κ2) is 4.78. The maximum atomic E-state index is 4.40. The summed E-state index contributed by atoms with van der Waals surface area (Å²) in [5.74, 6) is 6.00. The first-order chi connectivity index (χ1) is 7.93. The minimum atomic E-state index is 0.842. The summed E-state index contributed by atoms with van der Waals surface area (Å²) in [4.78, 5) is 0. The van der Waals surface area contributed by atoms with Crippen LogP contribution in [0.5, 0.6) is 0 Å². The smallest absolute Gasteiger partial charge is 0.133 e. The fraction of sp³-hybridized carbons (Fsp3) is 0.833. The number of aromatic nitrogens is 3. The molecule has 0 aromatic carbocycles. The fourth-order valence-corrected chi connectivity index (χ4v) is 3.90. The lowest BCUT2D eigenvalue weighted by Crippen LogP contribution is -2.18. The molecule has 0 bridgehead atoms. The molecular weight excluding hydrogens is 218 g/mol. The van der Waals surface area contributed by atoms with Crippen LogP contribution >= 0.6 is 11.8 Å². The van der Waals surface area contributed by atoms with E-state index >= 15 is 0 Å². The van der Waals surface area contributed by atoms with Crippen LogP contribution in [-0.2, 0) is 19.4 Å². The number of hydrogen-bond acceptors (Lipinski definition) is 3. The van der Waals surface area contributed by atoms with Crippen molar-refractivity contribution >= 4 is 11.8 Å². The molecule has 1 unspecified atom stereocenters. The van der Waals surface area contributed by atoms with Crippen molar-refractivity contribution in [3.05, 3.63) is 11.6 Å². The average molecular weight is 237 g/mol. The van der Waals surface area contributed by atoms with Gasteiger partial charge in [0.2, 0.25) is 0 Å². The van der Waals surface area contributed by atoms with E-state index < -0.39 is 0 Å². The molecule has 0 saturated carbocycles. The standard InChI is InChI=1S/C12H19N3S/c1-2-6-15-11(5-1)13-14-12(15)8-10-4-3-7-16-9-10/h10H,1-9H2. The van der Waals surface area contributed by atoms with Gasteiger partial charge in [-0.2, -0.15) is 11.8 Å². The fourth-order valence-electron chi connectivity index (χ4n) is 2.75. The lowest BCUT2D eigenvalue weighted by Gasteiger charge is -2.22. The van der Waals surface area contributed by atoms with E-state index in [1.54, 1.807) is 0 Å². The average Bonchev–Trinajstić information content (AvgIpc) is 2.74. The molecule has 88 valence electrons. The van der Waals surface area contributed by atoms with Crippen LogP contribution in [0.4, 0.5) is 0 Å². The van der Waals surface area contributed by atoms with Crippen LogP contribution in [0.15, 0.2) is 0 Å². The van der Waals surface area contributed by atoms with E-state index in [1.807, 2.05) is 0 Å². The van der Waals surface area contributed by atoms with E-state index in [0.717, 1.165) is 25.3 Å². The van der Waals surface area contributed by atoms with E-state index in [2.05, 4.69) is 26.5 Å². The van der Waals surface area contributed by atoms with Crippen molar-refractivity contribution in [2.75, 3.05) is 11.5 Å². The quantitative estimate of drug-likeness (QED) is 0.791. The summed E-state index contributed by atoms with van der Waals surface area (Å²) < 4.78 is 2.38. The van der Waals surface area contributed by atoms with Crippen LogP contribution in [-0.4, -0.2) is 26.3 Å². The molecule has 3 nitrogen and oxygen atoms in total. The Hall–Kier alpha value is -0.510. The monoisotopic (exact) mass is 237 g/mol. The van der Waals surface area contributed by atoms with Crippen LogP contribution in [0.25, 0.3) is 0 Å². The zero-order valence-corrected chi connectivity index (χ0v) is 10.5. The molecule has 4 heteroatoms. The van der Waals surface area contributed by atoms with Crippen LogP contribution in [0.3, 0.4) is 0 Å². The highest BCUT2D eigenvalue weighted by Gasteiger charge is 2.20. The SMILES string of the molecule is C1CCn2c(nnc2CC2CCCSC2)C1. The topological polar surface area (TPSA) is 30.7 Å². The largest absolute Gasteiger partial charge is 0.315 e. The summed E-state index contributed by atoms with van der Waals surface area (Å²) in [7, 11) is 0. The third-order valence-corrected chi connectivity index (χ3v) is 4.95. The molecule has 3 heterocycles. The maximum Gasteiger partial charge on any atom is 0.133 e. The Kier molecular flexibility index (Phi) is 3.18. The van der Waals surface area contributed by atoms with Gasteiger partial charge in [0, 0.05) is 19.4 Å². The van der Waals surface area contributed by atoms with Crippen molar-refractivity contribution in [2.24, 2.45) is 5.92 Å². The predicted molar refractivity (Wildman–Crippen MR) is 66.7 cm³/mol. The predicted octanol–water partition coefficient (Wildman–Crippen LogP) is 2.30. The zero-order valence-electron chi connectivity index (χ0n) is 9.69. The van der Waals surface area contributed by atoms with E-state index in [4.69, 9.17) is 0 Å². The number of fused-ring (bicyclic) bond motifs is 1. The van der Waals surface area contributed by atoms with Gasteiger partial charge in [-0.05, 0) is 43.1 Å². The molecule has 0 radical (unpaired) electrons. The second-order valence-corrected chi connectivity index (χ2v) is 6.08. The van der Waals surface area contributed by atoms with E-state index in [0.29, 0.717) is 0 Å². The molecule has 0 spiro atoms. The molecule has 1 aromatic heterocycles. The van der Waals surface area contributed by atoms with Gasteiger partial charge in [0.25, 0.3) is 0 Å². The maximum absolute atomic E-state index is 4.40. The minimum absolute atomic E-state index is 0.842. The van der Waals surface area contributed by atoms with Crippen molar-refractivity contribution in [1.29, 1.82) is 0 Å². The van der Waals surface area contributed by atoms with E-state index in [1.165, 1.54) is 48.8 Å². The van der Waals surface area contributed by atoms with Gasteiger partial charge < -0.3 is 4.57 Å². The lowest BCUT2D eigenvalue weighted by atomic mass is 10.0. The van der Waals surface area contributed by atoms with Gasteiger partial charge in [-0.25, -0.2) is 0 Å². The van der Waals surface area contributed by atoms with Gasteiger partial charge >= 0.3 is 0 Å². The van der Waals surface area contributed by atoms with Crippen molar-refractivity contribution in [1.82, 2.24) is 14.8 Å². The molecule has 16 heavy (non-hydrogen) atoms. The van der Waals surface area contributed by atoms with E-state index in [9.17, 15) is 0 Å². The molecule has 2 aliphatic rings. The summed E-state index contributed by atoms with van der Waals surface area (Å²) in [5.41, 5.74) is 0. The second-order valence-electron chi connectivity index (χ2n) is 4.93. The van der Waals surface area contributed by atoms with Crippen molar-refractivity contribution < 1.29 is 0 Å². The Morgan fingerprint density at radius 2 is 2.25 bits per heavy atom. The number of aryl methyl sites for hydroxylation is 1. The third-order valence-electron chi connectivity index (χ3n) is 3.66. The molecule has 1 fully saturated rings. The van der Waals surface area contributed by atoms with Gasteiger partial charge in [0.15, 0.2) is 0 Å². The Bertz CT molecular complexity index is 355. The van der Waals surface area contributed by atoms with E-state index in [-0.39, 0.29) is 0 Å². The van der Waals surface area contributed by atoms with Crippen molar-refractivity contribution in [3.63, 3.8) is 0 Å². The van der Waals surface area contributed by atoms with Crippen LogP contribution < -0.4 is 0 Å². The molecule has 1 saturated heterocycles. The highest BCUT2D eigenvalue weighted by atomic mass is 32.2. The van der Waals surface area contributed by atoms with Crippen LogP contribution in [0, 0.1) is 5.92 Å². The Morgan fingerprint density at radius 1 is 1.25 bits per heavy atom. The molecule has 2 aliphatic heterocycles. The third kappa shape index (κ3) is 2.12. The first-order valence-corrected chi connectivity index (χ1v) is 7.57. The van der Waals surface area contributed by atoms with Gasteiger partial charge in [-0.3, -0.25) is 0 Å². The van der Waals surface area contributed by atoms with Gasteiger partial charge in [-0.15, -0.1) is 10.2 Å². The summed E-state index contributed by atoms with van der Waals surface area (Å²) in [6, 6.07) is 0. The summed E-state index contributed by atoms with van der Waals surface area (Å²) in [6.45, 7) is 1.15. The van der Waals surface area contributed by atoms with Gasteiger partial charge in [-0.1, -0.05) is 0 Å². The van der Waals surface area contributed by atoms with Crippen LogP contribution in [0.2, 0.25) is 0 Å². The molecule has 3 rings (SSSR count). The highest BCUT2D eigenvalue weighted by molar-refractivity contribution is 7.99. The molecule has 1 aromatic rings. The first-order valence-electron chi connectivity index (χ1n) is 6.42. The summed E-state index contributed by atoms with van der Waals surface area (Å²) >= 11 is 2.10. The van der Waals surface area contributed by atoms with Crippen LogP contribution in [0.1, 0.15) is 37.3 Å².